The number of amides is 1. The van der Waals surface area contributed by atoms with Gasteiger partial charge in [-0.25, -0.2) is 4.99 Å². The second kappa shape index (κ2) is 9.00. The lowest BCUT2D eigenvalue weighted by atomic mass is 10.1. The Bertz CT molecular complexity index is 1110. The summed E-state index contributed by atoms with van der Waals surface area (Å²) in [6, 6.07) is 20.6. The Labute approximate surface area is 174 Å². The number of benzene rings is 3. The number of hydrogen-bond donors (Lipinski definition) is 1. The fourth-order valence-electron chi connectivity index (χ4n) is 2.94. The third kappa shape index (κ3) is 4.70. The summed E-state index contributed by atoms with van der Waals surface area (Å²) < 4.78 is 0. The Morgan fingerprint density at radius 2 is 1.67 bits per heavy atom. The zero-order valence-corrected chi connectivity index (χ0v) is 17.0. The van der Waals surface area contributed by atoms with Crippen molar-refractivity contribution in [1.82, 2.24) is 0 Å². The first-order valence-electron chi connectivity index (χ1n) is 9.33. The van der Waals surface area contributed by atoms with Crippen molar-refractivity contribution < 1.29 is 9.72 Å². The predicted molar refractivity (Wildman–Crippen MR) is 120 cm³/mol. The van der Waals surface area contributed by atoms with E-state index in [-0.39, 0.29) is 17.0 Å². The second-order valence-electron chi connectivity index (χ2n) is 6.92. The number of nitro groups is 1. The number of anilines is 2. The zero-order valence-electron chi connectivity index (χ0n) is 17.0. The molecule has 30 heavy (non-hydrogen) atoms. The molecule has 1 N–H and O–H groups in total. The lowest BCUT2D eigenvalue weighted by Gasteiger charge is -2.14. The van der Waals surface area contributed by atoms with Crippen molar-refractivity contribution in [2.75, 3.05) is 24.3 Å². The predicted octanol–water partition coefficient (Wildman–Crippen LogP) is 4.73. The van der Waals surface area contributed by atoms with Crippen molar-refractivity contribution >= 4 is 34.4 Å². The van der Waals surface area contributed by atoms with Crippen molar-refractivity contribution in [3.05, 3.63) is 94.0 Å². The summed E-state index contributed by atoms with van der Waals surface area (Å²) >= 11 is 0. The molecule has 152 valence electrons. The van der Waals surface area contributed by atoms with Crippen LogP contribution in [0.15, 0.2) is 77.8 Å². The molecule has 7 heteroatoms. The molecule has 0 saturated heterocycles. The van der Waals surface area contributed by atoms with Crippen LogP contribution in [0.25, 0.3) is 0 Å². The molecule has 3 aromatic rings. The normalized spacial score (nSPS) is 11.1. The number of carbonyl (C=O) groups excluding carboxylic acids is 1. The molecule has 0 bridgehead atoms. The number of para-hydroxylation sites is 2. The Morgan fingerprint density at radius 3 is 2.30 bits per heavy atom. The summed E-state index contributed by atoms with van der Waals surface area (Å²) in [5.74, 6) is -0.522. The summed E-state index contributed by atoms with van der Waals surface area (Å²) in [5, 5.41) is 14.3. The van der Waals surface area contributed by atoms with Gasteiger partial charge in [0.05, 0.1) is 16.2 Å². The number of aryl methyl sites for hydroxylation is 1. The Balaban J connectivity index is 2.12. The fourth-order valence-corrected chi connectivity index (χ4v) is 2.94. The standard InChI is InChI=1S/C23H22N4O3/c1-16-15-18(26(2)3)13-14-20(16)25-22(19-11-7-8-12-21(19)27(29)30)23(28)24-17-9-5-4-6-10-17/h4-15H,1-3H3,(H,24,28). The van der Waals surface area contributed by atoms with Crippen molar-refractivity contribution in [3.8, 4) is 0 Å². The Kier molecular flexibility index (Phi) is 6.22. The van der Waals surface area contributed by atoms with Gasteiger partial charge in [-0.2, -0.15) is 0 Å². The quantitative estimate of drug-likeness (QED) is 0.367. The van der Waals surface area contributed by atoms with Crippen molar-refractivity contribution in [3.63, 3.8) is 0 Å². The number of nitrogens with one attached hydrogen (secondary N) is 1. The van der Waals surface area contributed by atoms with Crippen LogP contribution >= 0.6 is 0 Å². The van der Waals surface area contributed by atoms with Gasteiger partial charge in [0.1, 0.15) is 5.71 Å². The van der Waals surface area contributed by atoms with E-state index in [1.165, 1.54) is 12.1 Å². The lowest BCUT2D eigenvalue weighted by molar-refractivity contribution is -0.385. The van der Waals surface area contributed by atoms with E-state index in [1.807, 2.05) is 44.1 Å². The van der Waals surface area contributed by atoms with Crippen LogP contribution in [-0.4, -0.2) is 30.6 Å². The topological polar surface area (TPSA) is 87.8 Å². The number of nitro benzene ring substituents is 1. The van der Waals surface area contributed by atoms with Gasteiger partial charge in [-0.15, -0.1) is 0 Å². The van der Waals surface area contributed by atoms with Gasteiger partial charge < -0.3 is 10.2 Å². The molecule has 0 spiro atoms. The second-order valence-corrected chi connectivity index (χ2v) is 6.92. The van der Waals surface area contributed by atoms with Gasteiger partial charge in [0.25, 0.3) is 11.6 Å². The van der Waals surface area contributed by atoms with Crippen LogP contribution in [0.4, 0.5) is 22.7 Å². The highest BCUT2D eigenvalue weighted by Gasteiger charge is 2.24. The molecule has 3 rings (SSSR count). The van der Waals surface area contributed by atoms with E-state index in [4.69, 9.17) is 0 Å². The maximum absolute atomic E-state index is 13.1. The van der Waals surface area contributed by atoms with Crippen molar-refractivity contribution in [2.45, 2.75) is 6.92 Å². The van der Waals surface area contributed by atoms with Crippen LogP contribution in [-0.2, 0) is 4.79 Å². The van der Waals surface area contributed by atoms with E-state index in [2.05, 4.69) is 10.3 Å². The molecule has 0 atom stereocenters. The average molecular weight is 402 g/mol. The minimum atomic E-state index is -0.522. The average Bonchev–Trinajstić information content (AvgIpc) is 2.73. The molecule has 0 aliphatic carbocycles. The molecule has 0 saturated carbocycles. The maximum atomic E-state index is 13.1. The summed E-state index contributed by atoms with van der Waals surface area (Å²) in [6.45, 7) is 1.89. The van der Waals surface area contributed by atoms with E-state index < -0.39 is 10.8 Å². The van der Waals surface area contributed by atoms with Crippen molar-refractivity contribution in [2.24, 2.45) is 4.99 Å². The molecule has 0 radical (unpaired) electrons. The molecular weight excluding hydrogens is 380 g/mol. The van der Waals surface area contributed by atoms with Crippen LogP contribution in [0.3, 0.4) is 0 Å². The van der Waals surface area contributed by atoms with Gasteiger partial charge in [0.15, 0.2) is 0 Å². The van der Waals surface area contributed by atoms with E-state index in [0.717, 1.165) is 11.3 Å². The number of rotatable bonds is 6. The van der Waals surface area contributed by atoms with Gasteiger partial charge in [0.2, 0.25) is 0 Å². The summed E-state index contributed by atoms with van der Waals surface area (Å²) in [7, 11) is 3.87. The van der Waals surface area contributed by atoms with Crippen LogP contribution in [0.1, 0.15) is 11.1 Å². The number of nitrogens with zero attached hydrogens (tertiary/aromatic N) is 3. The molecule has 0 unspecified atom stereocenters. The first-order valence-corrected chi connectivity index (χ1v) is 9.33. The van der Waals surface area contributed by atoms with Crippen LogP contribution < -0.4 is 10.2 Å². The van der Waals surface area contributed by atoms with E-state index >= 15 is 0 Å². The Morgan fingerprint density at radius 1 is 1.00 bits per heavy atom. The number of carbonyl (C=O) groups is 1. The third-order valence-corrected chi connectivity index (χ3v) is 4.53. The number of hydrogen-bond acceptors (Lipinski definition) is 5. The molecule has 0 aliphatic rings. The monoisotopic (exact) mass is 402 g/mol. The smallest absolute Gasteiger partial charge is 0.278 e. The molecule has 0 heterocycles. The van der Waals surface area contributed by atoms with Gasteiger partial charge in [-0.3, -0.25) is 14.9 Å². The summed E-state index contributed by atoms with van der Waals surface area (Å²) in [5.41, 5.74) is 2.95. The number of aliphatic imine (C=N–C) groups is 1. The SMILES string of the molecule is Cc1cc(N(C)C)ccc1N=C(C(=O)Nc1ccccc1)c1ccccc1[N+](=O)[O-]. The van der Waals surface area contributed by atoms with Crippen LogP contribution in [0.2, 0.25) is 0 Å². The minimum absolute atomic E-state index is 0.0214. The Hall–Kier alpha value is -4.00. The molecule has 3 aromatic carbocycles. The molecule has 0 fully saturated rings. The van der Waals surface area contributed by atoms with Crippen LogP contribution in [0.5, 0.6) is 0 Å². The largest absolute Gasteiger partial charge is 0.378 e. The van der Waals surface area contributed by atoms with Gasteiger partial charge in [-0.1, -0.05) is 30.3 Å². The highest BCUT2D eigenvalue weighted by Crippen LogP contribution is 2.27. The van der Waals surface area contributed by atoms with Gasteiger partial charge in [-0.05, 0) is 48.9 Å². The highest BCUT2D eigenvalue weighted by molar-refractivity contribution is 6.50. The van der Waals surface area contributed by atoms with E-state index in [1.54, 1.807) is 42.5 Å². The highest BCUT2D eigenvalue weighted by atomic mass is 16.6. The zero-order chi connectivity index (χ0) is 21.7. The molecule has 7 nitrogen and oxygen atoms in total. The van der Waals surface area contributed by atoms with Crippen molar-refractivity contribution in [1.29, 1.82) is 0 Å². The third-order valence-electron chi connectivity index (χ3n) is 4.53. The maximum Gasteiger partial charge on any atom is 0.278 e. The van der Waals surface area contributed by atoms with E-state index in [0.29, 0.717) is 11.4 Å². The van der Waals surface area contributed by atoms with Crippen LogP contribution in [0, 0.1) is 17.0 Å². The molecule has 0 aromatic heterocycles. The summed E-state index contributed by atoms with van der Waals surface area (Å²) in [4.78, 5) is 30.7. The molecule has 1 amide bonds. The lowest BCUT2D eigenvalue weighted by Crippen LogP contribution is -2.24. The first-order chi connectivity index (χ1) is 14.4. The van der Waals surface area contributed by atoms with Gasteiger partial charge >= 0.3 is 0 Å². The molecular formula is C23H22N4O3. The summed E-state index contributed by atoms with van der Waals surface area (Å²) in [6.07, 6.45) is 0. The van der Waals surface area contributed by atoms with E-state index in [9.17, 15) is 14.9 Å². The first kappa shape index (κ1) is 20.7. The van der Waals surface area contributed by atoms with Gasteiger partial charge in [0, 0.05) is 31.5 Å². The molecule has 0 aliphatic heterocycles. The fraction of sp³-hybridized carbons (Fsp3) is 0.130. The minimum Gasteiger partial charge on any atom is -0.378 e.